The van der Waals surface area contributed by atoms with Crippen LogP contribution < -0.4 is 4.90 Å². The van der Waals surface area contributed by atoms with Gasteiger partial charge in [0, 0.05) is 43.3 Å². The van der Waals surface area contributed by atoms with E-state index in [1.807, 2.05) is 11.3 Å². The number of hydrogen-bond acceptors (Lipinski definition) is 2. The van der Waals surface area contributed by atoms with Crippen molar-refractivity contribution in [2.45, 2.75) is 0 Å². The van der Waals surface area contributed by atoms with Crippen molar-refractivity contribution >= 4 is 75.9 Å². The van der Waals surface area contributed by atoms with Gasteiger partial charge in [0.15, 0.2) is 0 Å². The second kappa shape index (κ2) is 13.8. The Labute approximate surface area is 335 Å². The lowest BCUT2D eigenvalue weighted by Crippen LogP contribution is -2.09. The molecule has 0 amide bonds. The molecule has 0 bridgehead atoms. The summed E-state index contributed by atoms with van der Waals surface area (Å²) in [6.07, 6.45) is 0. The second-order valence-corrected chi connectivity index (χ2v) is 15.6. The molecule has 57 heavy (non-hydrogen) atoms. The zero-order valence-electron chi connectivity index (χ0n) is 31.1. The fourth-order valence-corrected chi connectivity index (χ4v) is 9.54. The molecule has 2 aromatic heterocycles. The maximum absolute atomic E-state index is 2.48. The van der Waals surface area contributed by atoms with Crippen LogP contribution in [0.15, 0.2) is 218 Å². The van der Waals surface area contributed by atoms with Crippen LogP contribution in [0.1, 0.15) is 0 Å². The average Bonchev–Trinajstić information content (AvgIpc) is 3.61. The highest BCUT2D eigenvalue weighted by Crippen LogP contribution is 2.42. The molecule has 11 rings (SSSR count). The van der Waals surface area contributed by atoms with Crippen molar-refractivity contribution in [2.24, 2.45) is 0 Å². The molecule has 0 saturated heterocycles. The summed E-state index contributed by atoms with van der Waals surface area (Å²) in [7, 11) is 0. The van der Waals surface area contributed by atoms with E-state index in [0.717, 1.165) is 17.1 Å². The first-order chi connectivity index (χ1) is 28.3. The van der Waals surface area contributed by atoms with Crippen LogP contribution in [0, 0.1) is 0 Å². The first kappa shape index (κ1) is 33.2. The number of fused-ring (bicyclic) bond motifs is 7. The number of rotatable bonds is 6. The summed E-state index contributed by atoms with van der Waals surface area (Å²) < 4.78 is 5.00. The van der Waals surface area contributed by atoms with E-state index in [1.165, 1.54) is 80.9 Å². The Balaban J connectivity index is 1.07. The standard InChI is InChI=1S/C54H36N2S/c1-3-13-37(14-4-1)39-23-29-43(30-24-39)55(44-31-25-40(26-32-44)38-15-5-2-6-16-38)45-33-27-41(28-34-45)42-35-48-46-17-7-9-19-50(46)56-51-20-10-12-22-53(51)57-52-21-11-8-18-47(52)49(36-42)54(48)56/h1-36H. The van der Waals surface area contributed by atoms with E-state index in [4.69, 9.17) is 0 Å². The third kappa shape index (κ3) is 5.80. The van der Waals surface area contributed by atoms with Crippen LogP contribution in [0.3, 0.4) is 0 Å². The Morgan fingerprint density at radius 2 is 0.702 bits per heavy atom. The van der Waals surface area contributed by atoms with Gasteiger partial charge in [0.25, 0.3) is 0 Å². The average molecular weight is 745 g/mol. The van der Waals surface area contributed by atoms with Crippen LogP contribution in [-0.2, 0) is 0 Å². The van der Waals surface area contributed by atoms with Crippen LogP contribution in [0.25, 0.3) is 80.9 Å². The molecule has 0 unspecified atom stereocenters. The normalized spacial score (nSPS) is 11.5. The molecule has 0 N–H and O–H groups in total. The molecule has 11 aromatic rings. The van der Waals surface area contributed by atoms with Crippen LogP contribution in [-0.4, -0.2) is 4.40 Å². The lowest BCUT2D eigenvalue weighted by Gasteiger charge is -2.26. The van der Waals surface area contributed by atoms with Crippen molar-refractivity contribution in [2.75, 3.05) is 4.90 Å². The van der Waals surface area contributed by atoms with Gasteiger partial charge >= 0.3 is 0 Å². The van der Waals surface area contributed by atoms with E-state index in [-0.39, 0.29) is 0 Å². The number of nitrogens with zero attached hydrogens (tertiary/aromatic N) is 2. The van der Waals surface area contributed by atoms with Gasteiger partial charge in [0.1, 0.15) is 0 Å². The van der Waals surface area contributed by atoms with Gasteiger partial charge in [-0.3, -0.25) is 0 Å². The first-order valence-corrected chi connectivity index (χ1v) is 20.2. The summed E-state index contributed by atoms with van der Waals surface area (Å²) in [6.45, 7) is 0. The largest absolute Gasteiger partial charge is 0.311 e. The summed E-state index contributed by atoms with van der Waals surface area (Å²) >= 11 is 1.85. The second-order valence-electron chi connectivity index (χ2n) is 14.5. The van der Waals surface area contributed by atoms with Crippen LogP contribution in [0.4, 0.5) is 17.1 Å². The van der Waals surface area contributed by atoms with E-state index in [0.29, 0.717) is 0 Å². The van der Waals surface area contributed by atoms with Gasteiger partial charge in [-0.15, -0.1) is 11.3 Å². The number of hydrogen-bond donors (Lipinski definition) is 0. The molecule has 3 heteroatoms. The van der Waals surface area contributed by atoms with Gasteiger partial charge in [-0.05, 0) is 106 Å². The van der Waals surface area contributed by atoms with Gasteiger partial charge in [0.2, 0.25) is 0 Å². The molecule has 2 nitrogen and oxygen atoms in total. The minimum Gasteiger partial charge on any atom is -0.311 e. The third-order valence-electron chi connectivity index (χ3n) is 11.2. The number of anilines is 3. The minimum absolute atomic E-state index is 1.10. The molecule has 0 aliphatic rings. The zero-order chi connectivity index (χ0) is 37.7. The predicted molar refractivity (Wildman–Crippen MR) is 245 cm³/mol. The van der Waals surface area contributed by atoms with E-state index >= 15 is 0 Å². The van der Waals surface area contributed by atoms with Crippen molar-refractivity contribution in [1.29, 1.82) is 0 Å². The lowest BCUT2D eigenvalue weighted by atomic mass is 9.98. The highest BCUT2D eigenvalue weighted by atomic mass is 32.1. The van der Waals surface area contributed by atoms with Gasteiger partial charge in [0.05, 0.1) is 21.3 Å². The molecular weight excluding hydrogens is 709 g/mol. The molecule has 0 fully saturated rings. The quantitative estimate of drug-likeness (QED) is 0.165. The smallest absolute Gasteiger partial charge is 0.0634 e. The summed E-state index contributed by atoms with van der Waals surface area (Å²) in [6, 6.07) is 79.4. The monoisotopic (exact) mass is 744 g/mol. The molecule has 9 aromatic carbocycles. The predicted octanol–water partition coefficient (Wildman–Crippen LogP) is 15.6. The molecule has 0 radical (unpaired) electrons. The van der Waals surface area contributed by atoms with Crippen molar-refractivity contribution in [3.63, 3.8) is 0 Å². The van der Waals surface area contributed by atoms with Crippen LogP contribution >= 0.6 is 11.3 Å². The van der Waals surface area contributed by atoms with Crippen molar-refractivity contribution in [3.05, 3.63) is 218 Å². The zero-order valence-corrected chi connectivity index (χ0v) is 31.9. The Bertz CT molecular complexity index is 3170. The summed E-state index contributed by atoms with van der Waals surface area (Å²) in [5.41, 5.74) is 14.2. The number of benzene rings is 9. The molecule has 0 aliphatic carbocycles. The molecular formula is C54H36N2S. The highest BCUT2D eigenvalue weighted by molar-refractivity contribution is 7.24. The molecule has 0 saturated carbocycles. The molecule has 0 aliphatic heterocycles. The van der Waals surface area contributed by atoms with Crippen molar-refractivity contribution in [3.8, 4) is 33.4 Å². The van der Waals surface area contributed by atoms with E-state index in [9.17, 15) is 0 Å². The molecule has 268 valence electrons. The van der Waals surface area contributed by atoms with Gasteiger partial charge in [-0.25, -0.2) is 0 Å². The van der Waals surface area contributed by atoms with Crippen LogP contribution in [0.2, 0.25) is 0 Å². The SMILES string of the molecule is c1ccc(-c2ccc(N(c3ccc(-c4ccccc4)cc3)c3ccc(-c4cc5c6ccccc6sc6ccccc6n6c7ccccc7c(c4)c56)cc3)cc2)cc1. The Kier molecular flexibility index (Phi) is 8.04. The van der Waals surface area contributed by atoms with Gasteiger partial charge in [-0.1, -0.05) is 146 Å². The van der Waals surface area contributed by atoms with Gasteiger partial charge in [-0.2, -0.15) is 0 Å². The highest BCUT2D eigenvalue weighted by Gasteiger charge is 2.18. The van der Waals surface area contributed by atoms with Crippen LogP contribution in [0.5, 0.6) is 0 Å². The number of para-hydroxylation sites is 2. The maximum Gasteiger partial charge on any atom is 0.0634 e. The summed E-state index contributed by atoms with van der Waals surface area (Å²) in [5.74, 6) is 0. The maximum atomic E-state index is 2.48. The third-order valence-corrected chi connectivity index (χ3v) is 12.3. The van der Waals surface area contributed by atoms with Crippen molar-refractivity contribution < 1.29 is 0 Å². The lowest BCUT2D eigenvalue weighted by molar-refractivity contribution is 1.28. The van der Waals surface area contributed by atoms with Gasteiger partial charge < -0.3 is 9.30 Å². The fraction of sp³-hybridized carbons (Fsp3) is 0. The molecule has 0 atom stereocenters. The summed E-state index contributed by atoms with van der Waals surface area (Å²) in [5, 5.41) is 5.03. The Morgan fingerprint density at radius 1 is 0.298 bits per heavy atom. The summed E-state index contributed by atoms with van der Waals surface area (Å²) in [4.78, 5) is 2.35. The first-order valence-electron chi connectivity index (χ1n) is 19.4. The Morgan fingerprint density at radius 3 is 1.26 bits per heavy atom. The van der Waals surface area contributed by atoms with E-state index < -0.39 is 0 Å². The van der Waals surface area contributed by atoms with E-state index in [1.54, 1.807) is 0 Å². The molecule has 2 heterocycles. The topological polar surface area (TPSA) is 7.65 Å². The van der Waals surface area contributed by atoms with E-state index in [2.05, 4.69) is 228 Å². The number of aromatic nitrogens is 1. The fourth-order valence-electron chi connectivity index (χ4n) is 8.46. The molecule has 0 spiro atoms. The Hall–Kier alpha value is -7.20. The minimum atomic E-state index is 1.10. The van der Waals surface area contributed by atoms with Crippen molar-refractivity contribution in [1.82, 2.24) is 4.40 Å².